The average Bonchev–Trinajstić information content (AvgIpc) is 2.43. The Bertz CT molecular complexity index is 389. The van der Waals surface area contributed by atoms with Gasteiger partial charge in [-0.15, -0.1) is 0 Å². The molecule has 3 N–H and O–H groups in total. The number of benzene rings is 1. The number of hydrogen-bond acceptors (Lipinski definition) is 5. The van der Waals surface area contributed by atoms with Crippen molar-refractivity contribution in [2.45, 2.75) is 19.4 Å². The van der Waals surface area contributed by atoms with Gasteiger partial charge in [-0.25, -0.2) is 0 Å². The molecule has 1 aromatic rings. The summed E-state index contributed by atoms with van der Waals surface area (Å²) in [5.41, 5.74) is 8.79. The van der Waals surface area contributed by atoms with Gasteiger partial charge < -0.3 is 24.3 Å². The van der Waals surface area contributed by atoms with Crippen molar-refractivity contribution >= 4 is 20.2 Å². The molecule has 0 aliphatic carbocycles. The molecule has 5 nitrogen and oxygen atoms in total. The van der Waals surface area contributed by atoms with Crippen LogP contribution in [0.4, 0.5) is 11.4 Å². The lowest BCUT2D eigenvalue weighted by Gasteiger charge is -2.24. The van der Waals surface area contributed by atoms with E-state index in [1.165, 1.54) is 5.56 Å². The van der Waals surface area contributed by atoms with Crippen LogP contribution in [-0.2, 0) is 13.3 Å². The molecule has 0 saturated heterocycles. The minimum absolute atomic E-state index is 0.766. The highest BCUT2D eigenvalue weighted by Gasteiger charge is 2.36. The van der Waals surface area contributed by atoms with Crippen LogP contribution >= 0.6 is 0 Å². The molecular weight excluding hydrogens is 260 g/mol. The zero-order valence-corrected chi connectivity index (χ0v) is 13.2. The second-order valence-electron chi connectivity index (χ2n) is 4.40. The van der Waals surface area contributed by atoms with Crippen LogP contribution in [-0.4, -0.2) is 36.7 Å². The monoisotopic (exact) mass is 284 g/mol. The Morgan fingerprint density at radius 1 is 1.16 bits per heavy atom. The second-order valence-corrected chi connectivity index (χ2v) is 7.49. The van der Waals surface area contributed by atoms with Crippen molar-refractivity contribution in [1.29, 1.82) is 0 Å². The number of nitrogens with two attached hydrogens (primary N) is 1. The molecule has 0 amide bonds. The van der Waals surface area contributed by atoms with Crippen LogP contribution < -0.4 is 11.1 Å². The van der Waals surface area contributed by atoms with Gasteiger partial charge in [0.25, 0.3) is 0 Å². The van der Waals surface area contributed by atoms with Crippen molar-refractivity contribution in [3.05, 3.63) is 23.8 Å². The summed E-state index contributed by atoms with van der Waals surface area (Å²) in [6, 6.07) is 6.64. The van der Waals surface area contributed by atoms with Crippen molar-refractivity contribution in [3.63, 3.8) is 0 Å². The zero-order chi connectivity index (χ0) is 14.3. The first-order valence-corrected chi connectivity index (χ1v) is 8.25. The largest absolute Gasteiger partial charge is 0.500 e. The van der Waals surface area contributed by atoms with E-state index in [2.05, 4.69) is 12.2 Å². The van der Waals surface area contributed by atoms with E-state index in [0.29, 0.717) is 0 Å². The number of anilines is 2. The minimum Gasteiger partial charge on any atom is -0.399 e. The SMILES string of the molecule is CO[Si](CCCNc1cc(N)ccc1C)(OC)OC. The summed E-state index contributed by atoms with van der Waals surface area (Å²) in [6.07, 6.45) is 0.913. The quantitative estimate of drug-likeness (QED) is 0.435. The Labute approximate surface area is 116 Å². The van der Waals surface area contributed by atoms with Crippen molar-refractivity contribution in [2.24, 2.45) is 0 Å². The third-order valence-electron chi connectivity index (χ3n) is 3.17. The summed E-state index contributed by atoms with van der Waals surface area (Å²) in [5.74, 6) is 0. The molecule has 6 heteroatoms. The van der Waals surface area contributed by atoms with E-state index in [1.54, 1.807) is 21.3 Å². The lowest BCUT2D eigenvalue weighted by Crippen LogP contribution is -2.42. The van der Waals surface area contributed by atoms with Crippen molar-refractivity contribution < 1.29 is 13.3 Å². The van der Waals surface area contributed by atoms with Gasteiger partial charge in [0.15, 0.2) is 0 Å². The molecule has 0 aromatic heterocycles. The summed E-state index contributed by atoms with van der Waals surface area (Å²) in [5, 5.41) is 3.37. The van der Waals surface area contributed by atoms with Crippen LogP contribution in [0.2, 0.25) is 6.04 Å². The normalized spacial score (nSPS) is 11.6. The van der Waals surface area contributed by atoms with E-state index < -0.39 is 8.80 Å². The van der Waals surface area contributed by atoms with Gasteiger partial charge in [-0.3, -0.25) is 0 Å². The molecule has 19 heavy (non-hydrogen) atoms. The first-order chi connectivity index (χ1) is 9.06. The van der Waals surface area contributed by atoms with E-state index in [1.807, 2.05) is 18.2 Å². The standard InChI is InChI=1S/C13H24N2O3Si/c1-11-6-7-12(14)10-13(11)15-8-5-9-19(16-2,17-3)18-4/h6-7,10,15H,5,8-9,14H2,1-4H3. The van der Waals surface area contributed by atoms with Crippen molar-refractivity contribution in [3.8, 4) is 0 Å². The Kier molecular flexibility index (Phi) is 6.30. The Hall–Kier alpha value is -1.08. The van der Waals surface area contributed by atoms with Gasteiger partial charge in [-0.1, -0.05) is 6.07 Å². The lowest BCUT2D eigenvalue weighted by molar-refractivity contribution is 0.123. The van der Waals surface area contributed by atoms with Crippen LogP contribution in [0.1, 0.15) is 12.0 Å². The van der Waals surface area contributed by atoms with E-state index in [9.17, 15) is 0 Å². The topological polar surface area (TPSA) is 65.7 Å². The fraction of sp³-hybridized carbons (Fsp3) is 0.538. The molecule has 0 atom stereocenters. The molecule has 0 heterocycles. The number of hydrogen-bond donors (Lipinski definition) is 2. The Morgan fingerprint density at radius 2 is 1.79 bits per heavy atom. The summed E-state index contributed by atoms with van der Waals surface area (Å²) < 4.78 is 16.1. The second kappa shape index (κ2) is 7.49. The molecule has 0 fully saturated rings. The molecule has 108 valence electrons. The van der Waals surface area contributed by atoms with Gasteiger partial charge in [0.2, 0.25) is 0 Å². The van der Waals surface area contributed by atoms with Crippen LogP contribution in [0.25, 0.3) is 0 Å². The minimum atomic E-state index is -2.44. The van der Waals surface area contributed by atoms with Gasteiger partial charge in [0.05, 0.1) is 0 Å². The summed E-state index contributed by atoms with van der Waals surface area (Å²) in [4.78, 5) is 0. The number of nitrogen functional groups attached to an aromatic ring is 1. The van der Waals surface area contributed by atoms with Gasteiger partial charge in [-0.05, 0) is 31.0 Å². The third kappa shape index (κ3) is 4.50. The van der Waals surface area contributed by atoms with Gasteiger partial charge in [0.1, 0.15) is 0 Å². The molecule has 0 aliphatic heterocycles. The number of aryl methyl sites for hydroxylation is 1. The first-order valence-electron chi connectivity index (χ1n) is 6.32. The molecule has 0 unspecified atom stereocenters. The van der Waals surface area contributed by atoms with E-state index >= 15 is 0 Å². The van der Waals surface area contributed by atoms with E-state index in [4.69, 9.17) is 19.0 Å². The van der Waals surface area contributed by atoms with E-state index in [0.717, 1.165) is 30.4 Å². The average molecular weight is 284 g/mol. The fourth-order valence-corrected chi connectivity index (χ4v) is 3.64. The maximum atomic E-state index is 5.77. The molecule has 1 rings (SSSR count). The predicted molar refractivity (Wildman–Crippen MR) is 80.3 cm³/mol. The van der Waals surface area contributed by atoms with Crippen LogP contribution in [0.3, 0.4) is 0 Å². The first kappa shape index (κ1) is 16.0. The molecule has 0 spiro atoms. The fourth-order valence-electron chi connectivity index (χ4n) is 1.91. The molecule has 0 radical (unpaired) electrons. The lowest BCUT2D eigenvalue weighted by atomic mass is 10.2. The molecule has 0 saturated carbocycles. The Morgan fingerprint density at radius 3 is 2.37 bits per heavy atom. The van der Waals surface area contributed by atoms with Crippen LogP contribution in [0, 0.1) is 6.92 Å². The highest BCUT2D eigenvalue weighted by Crippen LogP contribution is 2.19. The van der Waals surface area contributed by atoms with Crippen LogP contribution in [0.15, 0.2) is 18.2 Å². The Balaban J connectivity index is 2.44. The number of rotatable bonds is 8. The zero-order valence-electron chi connectivity index (χ0n) is 12.2. The molecule has 0 bridgehead atoms. The van der Waals surface area contributed by atoms with Gasteiger partial charge >= 0.3 is 8.80 Å². The summed E-state index contributed by atoms with van der Waals surface area (Å²) in [6.45, 7) is 2.88. The van der Waals surface area contributed by atoms with Crippen LogP contribution in [0.5, 0.6) is 0 Å². The predicted octanol–water partition coefficient (Wildman–Crippen LogP) is 2.26. The highest BCUT2D eigenvalue weighted by atomic mass is 28.4. The third-order valence-corrected chi connectivity index (χ3v) is 6.00. The maximum Gasteiger partial charge on any atom is 0.500 e. The van der Waals surface area contributed by atoms with Crippen molar-refractivity contribution in [1.82, 2.24) is 0 Å². The molecule has 0 aliphatic rings. The van der Waals surface area contributed by atoms with Gasteiger partial charge in [-0.2, -0.15) is 0 Å². The highest BCUT2D eigenvalue weighted by molar-refractivity contribution is 6.60. The summed E-state index contributed by atoms with van der Waals surface area (Å²) >= 11 is 0. The van der Waals surface area contributed by atoms with Crippen molar-refractivity contribution in [2.75, 3.05) is 38.9 Å². The maximum absolute atomic E-state index is 5.77. The number of nitrogens with one attached hydrogen (secondary N) is 1. The molecule has 1 aromatic carbocycles. The molecular formula is C13H24N2O3Si. The van der Waals surface area contributed by atoms with Gasteiger partial charge in [0, 0.05) is 45.3 Å². The smallest absolute Gasteiger partial charge is 0.399 e. The van der Waals surface area contributed by atoms with E-state index in [-0.39, 0.29) is 0 Å². The summed E-state index contributed by atoms with van der Waals surface area (Å²) in [7, 11) is 2.46.